The summed E-state index contributed by atoms with van der Waals surface area (Å²) in [5, 5.41) is 13.8. The van der Waals surface area contributed by atoms with Crippen molar-refractivity contribution in [3.05, 3.63) is 34.3 Å². The van der Waals surface area contributed by atoms with Crippen molar-refractivity contribution < 1.29 is 0 Å². The van der Waals surface area contributed by atoms with E-state index in [-0.39, 0.29) is 0 Å². The Morgan fingerprint density at radius 2 is 1.43 bits per heavy atom. The van der Waals surface area contributed by atoms with Crippen LogP contribution in [-0.2, 0) is 6.54 Å². The lowest BCUT2D eigenvalue weighted by molar-refractivity contribution is 0.957. The first-order valence-electron chi connectivity index (χ1n) is 10.3. The third-order valence-electron chi connectivity index (χ3n) is 4.67. The SMILES string of the molecule is CCCNc1nc(NCc2cccc(Cl)c2C)nc2c(NCCC)nc(NC)nc12. The van der Waals surface area contributed by atoms with Crippen LogP contribution in [0.15, 0.2) is 18.2 Å². The van der Waals surface area contributed by atoms with Gasteiger partial charge in [0.05, 0.1) is 0 Å². The fraction of sp³-hybridized carbons (Fsp3) is 0.429. The number of halogens is 1. The predicted octanol–water partition coefficient (Wildman–Crippen LogP) is 4.68. The summed E-state index contributed by atoms with van der Waals surface area (Å²) in [6.07, 6.45) is 1.95. The van der Waals surface area contributed by atoms with Crippen LogP contribution in [0.25, 0.3) is 11.0 Å². The van der Waals surface area contributed by atoms with Crippen LogP contribution in [0.5, 0.6) is 0 Å². The molecule has 0 saturated carbocycles. The highest BCUT2D eigenvalue weighted by molar-refractivity contribution is 6.31. The summed E-state index contributed by atoms with van der Waals surface area (Å²) in [6.45, 7) is 8.38. The van der Waals surface area contributed by atoms with Crippen LogP contribution in [0.4, 0.5) is 23.5 Å². The van der Waals surface area contributed by atoms with Crippen molar-refractivity contribution >= 4 is 46.2 Å². The van der Waals surface area contributed by atoms with E-state index in [4.69, 9.17) is 21.6 Å². The minimum atomic E-state index is 0.515. The van der Waals surface area contributed by atoms with Gasteiger partial charge in [-0.1, -0.05) is 37.6 Å². The Balaban J connectivity index is 2.02. The third kappa shape index (κ3) is 4.99. The number of hydrogen-bond donors (Lipinski definition) is 4. The lowest BCUT2D eigenvalue weighted by atomic mass is 10.1. The Morgan fingerprint density at radius 3 is 2.03 bits per heavy atom. The maximum atomic E-state index is 6.25. The van der Waals surface area contributed by atoms with Crippen molar-refractivity contribution in [3.8, 4) is 0 Å². The van der Waals surface area contributed by atoms with Gasteiger partial charge in [0.1, 0.15) is 11.0 Å². The van der Waals surface area contributed by atoms with E-state index in [1.807, 2.05) is 25.1 Å². The van der Waals surface area contributed by atoms with Gasteiger partial charge in [0.15, 0.2) is 11.6 Å². The van der Waals surface area contributed by atoms with E-state index in [1.54, 1.807) is 7.05 Å². The maximum Gasteiger partial charge on any atom is 0.225 e. The molecule has 0 aliphatic carbocycles. The number of rotatable bonds is 10. The molecule has 3 rings (SSSR count). The van der Waals surface area contributed by atoms with Crippen LogP contribution in [-0.4, -0.2) is 40.1 Å². The Hall–Kier alpha value is -2.87. The molecule has 9 heteroatoms. The topological polar surface area (TPSA) is 99.7 Å². The van der Waals surface area contributed by atoms with Gasteiger partial charge >= 0.3 is 0 Å². The highest BCUT2D eigenvalue weighted by atomic mass is 35.5. The largest absolute Gasteiger partial charge is 0.368 e. The molecule has 2 heterocycles. The van der Waals surface area contributed by atoms with Gasteiger partial charge in [-0.3, -0.25) is 0 Å². The fourth-order valence-corrected chi connectivity index (χ4v) is 3.15. The lowest BCUT2D eigenvalue weighted by Crippen LogP contribution is -2.13. The first-order valence-corrected chi connectivity index (χ1v) is 10.7. The number of fused-ring (bicyclic) bond motifs is 1. The van der Waals surface area contributed by atoms with Gasteiger partial charge in [-0.15, -0.1) is 0 Å². The second-order valence-corrected chi connectivity index (χ2v) is 7.38. The summed E-state index contributed by atoms with van der Waals surface area (Å²) < 4.78 is 0. The molecule has 2 aromatic heterocycles. The molecule has 0 atom stereocenters. The Bertz CT molecular complexity index is 1010. The van der Waals surface area contributed by atoms with Crippen LogP contribution in [0.1, 0.15) is 37.8 Å². The highest BCUT2D eigenvalue weighted by Crippen LogP contribution is 2.27. The highest BCUT2D eigenvalue weighted by Gasteiger charge is 2.16. The standard InChI is InChI=1S/C21H29ClN8/c1-5-10-24-18-17-16(27-20(23-4)29-18)19(25-11-6-2)30-21(28-17)26-12-14-8-7-9-15(22)13(14)3/h7-9H,5-6,10-12H2,1-4H3,(H2,23,24,27,29)(H2,25,26,28,30). The van der Waals surface area contributed by atoms with Crippen LogP contribution < -0.4 is 21.3 Å². The van der Waals surface area contributed by atoms with Gasteiger partial charge in [-0.25, -0.2) is 9.97 Å². The van der Waals surface area contributed by atoms with Crippen LogP contribution in [0.2, 0.25) is 5.02 Å². The molecule has 0 aliphatic rings. The summed E-state index contributed by atoms with van der Waals surface area (Å²) >= 11 is 6.25. The monoisotopic (exact) mass is 428 g/mol. The molecule has 0 fully saturated rings. The average molecular weight is 429 g/mol. The molecule has 0 aliphatic heterocycles. The fourth-order valence-electron chi connectivity index (χ4n) is 2.96. The van der Waals surface area contributed by atoms with Crippen molar-refractivity contribution in [2.45, 2.75) is 40.2 Å². The van der Waals surface area contributed by atoms with Gasteiger partial charge in [0, 0.05) is 31.7 Å². The predicted molar refractivity (Wildman–Crippen MR) is 126 cm³/mol. The van der Waals surface area contributed by atoms with Gasteiger partial charge in [-0.2, -0.15) is 9.97 Å². The van der Waals surface area contributed by atoms with E-state index >= 15 is 0 Å². The van der Waals surface area contributed by atoms with Gasteiger partial charge in [-0.05, 0) is 37.0 Å². The number of anilines is 4. The zero-order valence-corrected chi connectivity index (χ0v) is 18.7. The van der Waals surface area contributed by atoms with E-state index in [2.05, 4.69) is 45.1 Å². The Labute approximate surface area is 182 Å². The minimum Gasteiger partial charge on any atom is -0.368 e. The quantitative estimate of drug-likeness (QED) is 0.369. The summed E-state index contributed by atoms with van der Waals surface area (Å²) in [5.41, 5.74) is 3.51. The molecular weight excluding hydrogens is 400 g/mol. The van der Waals surface area contributed by atoms with Crippen molar-refractivity contribution in [1.29, 1.82) is 0 Å². The molecule has 0 radical (unpaired) electrons. The molecule has 8 nitrogen and oxygen atoms in total. The zero-order valence-electron chi connectivity index (χ0n) is 17.9. The summed E-state index contributed by atoms with van der Waals surface area (Å²) in [4.78, 5) is 18.6. The molecular formula is C21H29ClN8. The van der Waals surface area contributed by atoms with Crippen LogP contribution in [0.3, 0.4) is 0 Å². The molecule has 0 saturated heterocycles. The molecule has 3 aromatic rings. The molecule has 160 valence electrons. The molecule has 1 aromatic carbocycles. The Morgan fingerprint density at radius 1 is 0.833 bits per heavy atom. The Kier molecular flexibility index (Phi) is 7.46. The molecule has 0 spiro atoms. The molecule has 4 N–H and O–H groups in total. The van der Waals surface area contributed by atoms with Crippen molar-refractivity contribution in [2.75, 3.05) is 41.4 Å². The van der Waals surface area contributed by atoms with E-state index in [9.17, 15) is 0 Å². The van der Waals surface area contributed by atoms with E-state index < -0.39 is 0 Å². The van der Waals surface area contributed by atoms with Crippen LogP contribution in [0, 0.1) is 6.92 Å². The lowest BCUT2D eigenvalue weighted by Gasteiger charge is -2.15. The van der Waals surface area contributed by atoms with Crippen molar-refractivity contribution in [1.82, 2.24) is 19.9 Å². The molecule has 0 unspecified atom stereocenters. The van der Waals surface area contributed by atoms with Gasteiger partial charge in [0.25, 0.3) is 0 Å². The second kappa shape index (κ2) is 10.2. The first-order chi connectivity index (χ1) is 14.6. The van der Waals surface area contributed by atoms with E-state index in [0.717, 1.165) is 42.1 Å². The number of hydrogen-bond acceptors (Lipinski definition) is 8. The summed E-state index contributed by atoms with van der Waals surface area (Å²) in [5.74, 6) is 2.42. The average Bonchev–Trinajstić information content (AvgIpc) is 2.76. The number of aromatic nitrogens is 4. The van der Waals surface area contributed by atoms with Crippen molar-refractivity contribution in [2.24, 2.45) is 0 Å². The van der Waals surface area contributed by atoms with E-state index in [1.165, 1.54) is 0 Å². The third-order valence-corrected chi connectivity index (χ3v) is 5.08. The summed E-state index contributed by atoms with van der Waals surface area (Å²) in [6, 6.07) is 5.88. The second-order valence-electron chi connectivity index (χ2n) is 6.97. The molecule has 0 bridgehead atoms. The summed E-state index contributed by atoms with van der Waals surface area (Å²) in [7, 11) is 1.80. The molecule has 0 amide bonds. The number of benzene rings is 1. The zero-order chi connectivity index (χ0) is 21.5. The number of nitrogens with one attached hydrogen (secondary N) is 4. The van der Waals surface area contributed by atoms with Gasteiger partial charge < -0.3 is 21.3 Å². The van der Waals surface area contributed by atoms with Crippen LogP contribution >= 0.6 is 11.6 Å². The van der Waals surface area contributed by atoms with Crippen molar-refractivity contribution in [3.63, 3.8) is 0 Å². The maximum absolute atomic E-state index is 6.25. The first kappa shape index (κ1) is 21.8. The van der Waals surface area contributed by atoms with E-state index in [0.29, 0.717) is 41.1 Å². The number of nitrogens with zero attached hydrogens (tertiary/aromatic N) is 4. The smallest absolute Gasteiger partial charge is 0.225 e. The molecule has 30 heavy (non-hydrogen) atoms. The normalized spacial score (nSPS) is 10.8. The van der Waals surface area contributed by atoms with Gasteiger partial charge in [0.2, 0.25) is 11.9 Å². The minimum absolute atomic E-state index is 0.515.